The van der Waals surface area contributed by atoms with E-state index in [1.54, 1.807) is 11.3 Å². The number of nitrogens with zero attached hydrogens (tertiary/aromatic N) is 1. The van der Waals surface area contributed by atoms with Crippen LogP contribution in [0.2, 0.25) is 0 Å². The number of aromatic nitrogens is 1. The Morgan fingerprint density at radius 1 is 1.30 bits per heavy atom. The zero-order valence-corrected chi connectivity index (χ0v) is 12.1. The highest BCUT2D eigenvalue weighted by Gasteiger charge is 2.26. The van der Waals surface area contributed by atoms with E-state index in [-0.39, 0.29) is 5.56 Å². The fourth-order valence-electron chi connectivity index (χ4n) is 2.64. The van der Waals surface area contributed by atoms with E-state index in [9.17, 15) is 8.78 Å². The van der Waals surface area contributed by atoms with Crippen molar-refractivity contribution in [3.8, 4) is 0 Å². The molecule has 1 unspecified atom stereocenters. The van der Waals surface area contributed by atoms with Crippen LogP contribution < -0.4 is 5.32 Å². The average molecular weight is 294 g/mol. The number of aryl methyl sites for hydroxylation is 2. The third-order valence-corrected chi connectivity index (χ3v) is 4.78. The molecule has 2 nitrogen and oxygen atoms in total. The van der Waals surface area contributed by atoms with Gasteiger partial charge in [0.15, 0.2) is 0 Å². The molecule has 3 rings (SSSR count). The van der Waals surface area contributed by atoms with Crippen molar-refractivity contribution in [1.29, 1.82) is 0 Å². The van der Waals surface area contributed by atoms with Crippen LogP contribution in [0.4, 0.5) is 8.78 Å². The summed E-state index contributed by atoms with van der Waals surface area (Å²) >= 11 is 1.58. The molecule has 0 amide bonds. The third-order valence-electron chi connectivity index (χ3n) is 3.56. The van der Waals surface area contributed by atoms with Gasteiger partial charge in [0.2, 0.25) is 0 Å². The van der Waals surface area contributed by atoms with E-state index < -0.39 is 17.7 Å². The summed E-state index contributed by atoms with van der Waals surface area (Å²) in [6, 6.07) is 3.48. The van der Waals surface area contributed by atoms with Crippen molar-refractivity contribution in [2.24, 2.45) is 0 Å². The number of fused-ring (bicyclic) bond motifs is 1. The quantitative estimate of drug-likeness (QED) is 0.932. The smallest absolute Gasteiger partial charge is 0.131 e. The van der Waals surface area contributed by atoms with Crippen LogP contribution in [0.5, 0.6) is 0 Å². The molecular formula is C15H16F2N2S. The molecule has 106 valence electrons. The molecule has 20 heavy (non-hydrogen) atoms. The molecule has 5 heteroatoms. The molecule has 0 saturated heterocycles. The van der Waals surface area contributed by atoms with Crippen molar-refractivity contribution < 1.29 is 8.78 Å². The summed E-state index contributed by atoms with van der Waals surface area (Å²) in [5.74, 6) is -1.04. The van der Waals surface area contributed by atoms with E-state index in [1.165, 1.54) is 23.1 Å². The predicted octanol–water partition coefficient (Wildman–Crippen LogP) is 3.61. The fourth-order valence-corrected chi connectivity index (χ4v) is 3.88. The van der Waals surface area contributed by atoms with E-state index in [1.807, 2.05) is 6.92 Å². The van der Waals surface area contributed by atoms with Crippen LogP contribution in [-0.2, 0) is 12.8 Å². The van der Waals surface area contributed by atoms with E-state index in [4.69, 9.17) is 0 Å². The second-order valence-corrected chi connectivity index (χ2v) is 6.02. The Morgan fingerprint density at radius 2 is 2.05 bits per heavy atom. The van der Waals surface area contributed by atoms with Crippen molar-refractivity contribution in [3.63, 3.8) is 0 Å². The molecule has 1 aromatic heterocycles. The Bertz CT molecular complexity index is 583. The van der Waals surface area contributed by atoms with Gasteiger partial charge in [-0.15, -0.1) is 11.3 Å². The summed E-state index contributed by atoms with van der Waals surface area (Å²) in [7, 11) is 0. The van der Waals surface area contributed by atoms with Gasteiger partial charge in [-0.25, -0.2) is 13.8 Å². The molecule has 0 bridgehead atoms. The van der Waals surface area contributed by atoms with Crippen LogP contribution in [0.15, 0.2) is 18.2 Å². The molecule has 1 aromatic carbocycles. The summed E-state index contributed by atoms with van der Waals surface area (Å²) in [5, 5.41) is 3.92. The van der Waals surface area contributed by atoms with Gasteiger partial charge in [0.1, 0.15) is 16.6 Å². The Balaban J connectivity index is 2.04. The highest BCUT2D eigenvalue weighted by Crippen LogP contribution is 2.34. The van der Waals surface area contributed by atoms with Crippen LogP contribution in [0.3, 0.4) is 0 Å². The van der Waals surface area contributed by atoms with Crippen molar-refractivity contribution in [1.82, 2.24) is 10.3 Å². The number of rotatable bonds is 4. The number of halogens is 2. The lowest BCUT2D eigenvalue weighted by atomic mass is 10.1. The molecule has 1 atom stereocenters. The maximum Gasteiger partial charge on any atom is 0.131 e. The van der Waals surface area contributed by atoms with Crippen LogP contribution in [0, 0.1) is 11.6 Å². The Hall–Kier alpha value is -1.33. The first-order valence-corrected chi connectivity index (χ1v) is 7.68. The zero-order chi connectivity index (χ0) is 14.1. The first-order chi connectivity index (χ1) is 9.70. The number of thiazole rings is 1. The van der Waals surface area contributed by atoms with Gasteiger partial charge in [0, 0.05) is 10.4 Å². The van der Waals surface area contributed by atoms with E-state index in [0.717, 1.165) is 30.0 Å². The minimum Gasteiger partial charge on any atom is -0.304 e. The van der Waals surface area contributed by atoms with Gasteiger partial charge in [-0.2, -0.15) is 0 Å². The first kappa shape index (κ1) is 13.6. The molecule has 1 aliphatic carbocycles. The number of nitrogens with one attached hydrogen (secondary N) is 1. The minimum atomic E-state index is -0.522. The normalized spacial score (nSPS) is 15.3. The molecule has 0 fully saturated rings. The summed E-state index contributed by atoms with van der Waals surface area (Å²) in [4.78, 5) is 5.85. The minimum absolute atomic E-state index is 0.0711. The lowest BCUT2D eigenvalue weighted by Gasteiger charge is -2.17. The summed E-state index contributed by atoms with van der Waals surface area (Å²) in [5.41, 5.74) is 1.17. The van der Waals surface area contributed by atoms with Gasteiger partial charge < -0.3 is 5.32 Å². The zero-order valence-electron chi connectivity index (χ0n) is 11.2. The predicted molar refractivity (Wildman–Crippen MR) is 76.0 cm³/mol. The van der Waals surface area contributed by atoms with E-state index >= 15 is 0 Å². The summed E-state index contributed by atoms with van der Waals surface area (Å²) < 4.78 is 28.0. The average Bonchev–Trinajstić information content (AvgIpc) is 2.98. The maximum absolute atomic E-state index is 14.0. The molecule has 1 heterocycles. The number of hydrogen-bond donors (Lipinski definition) is 1. The van der Waals surface area contributed by atoms with Gasteiger partial charge in [0.05, 0.1) is 11.7 Å². The van der Waals surface area contributed by atoms with E-state index in [2.05, 4.69) is 10.3 Å². The Kier molecular flexibility index (Phi) is 3.81. The SMILES string of the molecule is CCNC(c1nc2c(s1)CCC2)c1c(F)cccc1F. The van der Waals surface area contributed by atoms with Crippen molar-refractivity contribution in [2.75, 3.05) is 6.54 Å². The standard InChI is InChI=1S/C15H16F2N2S/c1-2-18-14(13-9(16)5-3-6-10(13)17)15-19-11-7-4-8-12(11)20-15/h3,5-6,14,18H,2,4,7-8H2,1H3. The van der Waals surface area contributed by atoms with Gasteiger partial charge >= 0.3 is 0 Å². The van der Waals surface area contributed by atoms with Crippen LogP contribution in [0.1, 0.15) is 40.5 Å². The fraction of sp³-hybridized carbons (Fsp3) is 0.400. The first-order valence-electron chi connectivity index (χ1n) is 6.86. The second kappa shape index (κ2) is 5.58. The lowest BCUT2D eigenvalue weighted by Crippen LogP contribution is -2.24. The van der Waals surface area contributed by atoms with Crippen molar-refractivity contribution >= 4 is 11.3 Å². The molecule has 0 aliphatic heterocycles. The van der Waals surface area contributed by atoms with Crippen molar-refractivity contribution in [3.05, 3.63) is 51.0 Å². The Labute approximate surface area is 120 Å². The largest absolute Gasteiger partial charge is 0.304 e. The van der Waals surface area contributed by atoms with Crippen LogP contribution >= 0.6 is 11.3 Å². The third kappa shape index (κ3) is 2.36. The van der Waals surface area contributed by atoms with Gasteiger partial charge in [0.25, 0.3) is 0 Å². The summed E-state index contributed by atoms with van der Waals surface area (Å²) in [6.45, 7) is 2.55. The number of hydrogen-bond acceptors (Lipinski definition) is 3. The van der Waals surface area contributed by atoms with Crippen LogP contribution in [0.25, 0.3) is 0 Å². The van der Waals surface area contributed by atoms with Crippen LogP contribution in [-0.4, -0.2) is 11.5 Å². The summed E-state index contributed by atoms with van der Waals surface area (Å²) in [6.07, 6.45) is 3.14. The van der Waals surface area contributed by atoms with E-state index in [0.29, 0.717) is 6.54 Å². The molecule has 0 saturated carbocycles. The number of benzene rings is 1. The van der Waals surface area contributed by atoms with Crippen molar-refractivity contribution in [2.45, 2.75) is 32.2 Å². The maximum atomic E-state index is 14.0. The highest BCUT2D eigenvalue weighted by molar-refractivity contribution is 7.11. The molecule has 2 aromatic rings. The molecule has 0 radical (unpaired) electrons. The van der Waals surface area contributed by atoms with Gasteiger partial charge in [-0.1, -0.05) is 13.0 Å². The van der Waals surface area contributed by atoms with Gasteiger partial charge in [-0.05, 0) is 37.9 Å². The Morgan fingerprint density at radius 3 is 2.70 bits per heavy atom. The lowest BCUT2D eigenvalue weighted by molar-refractivity contribution is 0.509. The molecule has 1 N–H and O–H groups in total. The molecule has 0 spiro atoms. The molecule has 1 aliphatic rings. The highest BCUT2D eigenvalue weighted by atomic mass is 32.1. The molecular weight excluding hydrogens is 278 g/mol. The van der Waals surface area contributed by atoms with Gasteiger partial charge in [-0.3, -0.25) is 0 Å². The monoisotopic (exact) mass is 294 g/mol. The topological polar surface area (TPSA) is 24.9 Å². The second-order valence-electron chi connectivity index (χ2n) is 4.90.